The molecule has 0 amide bonds. The Labute approximate surface area is 128 Å². The Hall–Kier alpha value is -1.92. The maximum Gasteiger partial charge on any atom is 0.236 e. The van der Waals surface area contributed by atoms with Gasteiger partial charge in [0, 0.05) is 11.8 Å². The lowest BCUT2D eigenvalue weighted by atomic mass is 10.3. The summed E-state index contributed by atoms with van der Waals surface area (Å²) in [5.41, 5.74) is 6.52. The second-order valence-corrected chi connectivity index (χ2v) is 6.57. The molecule has 0 bridgehead atoms. The standard InChI is InChI=1S/C14H15ClN2O3S/c15-13-6-1-2-7-14(13)17-21(18,19)9-8-20-12-5-3-4-11(16)10-12/h1-7,10,17H,8-9,16H2. The van der Waals surface area contributed by atoms with Crippen LogP contribution in [-0.4, -0.2) is 20.8 Å². The number of sulfonamides is 1. The van der Waals surface area contributed by atoms with Crippen molar-refractivity contribution in [2.24, 2.45) is 0 Å². The van der Waals surface area contributed by atoms with Gasteiger partial charge in [0.05, 0.1) is 10.7 Å². The van der Waals surface area contributed by atoms with E-state index in [2.05, 4.69) is 4.72 Å². The average molecular weight is 327 g/mol. The van der Waals surface area contributed by atoms with Gasteiger partial charge in [0.2, 0.25) is 10.0 Å². The summed E-state index contributed by atoms with van der Waals surface area (Å²) >= 11 is 5.91. The molecule has 5 nitrogen and oxygen atoms in total. The summed E-state index contributed by atoms with van der Waals surface area (Å²) < 4.78 is 31.6. The van der Waals surface area contributed by atoms with E-state index in [1.165, 1.54) is 0 Å². The molecular weight excluding hydrogens is 312 g/mol. The van der Waals surface area contributed by atoms with Crippen LogP contribution in [0.15, 0.2) is 48.5 Å². The third kappa shape index (κ3) is 4.84. The number of rotatable bonds is 6. The molecule has 0 aromatic heterocycles. The van der Waals surface area contributed by atoms with E-state index < -0.39 is 10.0 Å². The zero-order chi connectivity index (χ0) is 15.3. The first kappa shape index (κ1) is 15.5. The Bertz CT molecular complexity index is 720. The molecule has 0 saturated carbocycles. The van der Waals surface area contributed by atoms with E-state index >= 15 is 0 Å². The molecule has 0 aliphatic rings. The van der Waals surface area contributed by atoms with Crippen LogP contribution in [0.4, 0.5) is 11.4 Å². The van der Waals surface area contributed by atoms with Gasteiger partial charge in [-0.15, -0.1) is 0 Å². The predicted molar refractivity (Wildman–Crippen MR) is 85.2 cm³/mol. The number of hydrogen-bond donors (Lipinski definition) is 2. The Morgan fingerprint density at radius 1 is 1.14 bits per heavy atom. The molecule has 0 unspecified atom stereocenters. The molecule has 7 heteroatoms. The van der Waals surface area contributed by atoms with Crippen LogP contribution >= 0.6 is 11.6 Å². The van der Waals surface area contributed by atoms with Gasteiger partial charge >= 0.3 is 0 Å². The third-order valence-corrected chi connectivity index (χ3v) is 4.18. The summed E-state index contributed by atoms with van der Waals surface area (Å²) in [5.74, 6) is 0.343. The number of halogens is 1. The SMILES string of the molecule is Nc1cccc(OCCS(=O)(=O)Nc2ccccc2Cl)c1. The number of nitrogens with two attached hydrogens (primary N) is 1. The van der Waals surface area contributed by atoms with Crippen molar-refractivity contribution in [2.45, 2.75) is 0 Å². The molecule has 0 saturated heterocycles. The highest BCUT2D eigenvalue weighted by atomic mass is 35.5. The molecule has 0 aliphatic heterocycles. The molecule has 0 spiro atoms. The van der Waals surface area contributed by atoms with Crippen molar-refractivity contribution in [1.29, 1.82) is 0 Å². The topological polar surface area (TPSA) is 81.4 Å². The Balaban J connectivity index is 1.91. The van der Waals surface area contributed by atoms with E-state index in [0.717, 1.165) is 0 Å². The number of anilines is 2. The Morgan fingerprint density at radius 2 is 1.90 bits per heavy atom. The van der Waals surface area contributed by atoms with Crippen molar-refractivity contribution in [3.63, 3.8) is 0 Å². The smallest absolute Gasteiger partial charge is 0.236 e. The van der Waals surface area contributed by atoms with E-state index in [9.17, 15) is 8.42 Å². The second-order valence-electron chi connectivity index (χ2n) is 4.32. The van der Waals surface area contributed by atoms with Gasteiger partial charge in [0.15, 0.2) is 0 Å². The highest BCUT2D eigenvalue weighted by molar-refractivity contribution is 7.92. The molecule has 0 aliphatic carbocycles. The van der Waals surface area contributed by atoms with Crippen molar-refractivity contribution in [2.75, 3.05) is 22.8 Å². The lowest BCUT2D eigenvalue weighted by molar-refractivity contribution is 0.341. The van der Waals surface area contributed by atoms with Crippen LogP contribution in [0.2, 0.25) is 5.02 Å². The van der Waals surface area contributed by atoms with E-state index in [4.69, 9.17) is 22.1 Å². The fraction of sp³-hybridized carbons (Fsp3) is 0.143. The minimum atomic E-state index is -3.53. The molecule has 2 aromatic rings. The van der Waals surface area contributed by atoms with Gasteiger partial charge in [-0.3, -0.25) is 4.72 Å². The van der Waals surface area contributed by atoms with Gasteiger partial charge in [-0.2, -0.15) is 0 Å². The van der Waals surface area contributed by atoms with Crippen LogP contribution in [0.5, 0.6) is 5.75 Å². The van der Waals surface area contributed by atoms with Crippen molar-refractivity contribution >= 4 is 33.0 Å². The number of para-hydroxylation sites is 1. The average Bonchev–Trinajstić information content (AvgIpc) is 2.41. The van der Waals surface area contributed by atoms with Gasteiger partial charge in [0.25, 0.3) is 0 Å². The van der Waals surface area contributed by atoms with Crippen LogP contribution in [0, 0.1) is 0 Å². The Kier molecular flexibility index (Phi) is 4.93. The lowest BCUT2D eigenvalue weighted by Gasteiger charge is -2.10. The first-order valence-electron chi connectivity index (χ1n) is 6.20. The molecule has 21 heavy (non-hydrogen) atoms. The Morgan fingerprint density at radius 3 is 2.62 bits per heavy atom. The largest absolute Gasteiger partial charge is 0.492 e. The van der Waals surface area contributed by atoms with Crippen LogP contribution in [0.3, 0.4) is 0 Å². The van der Waals surface area contributed by atoms with Crippen molar-refractivity contribution in [3.05, 3.63) is 53.6 Å². The first-order chi connectivity index (χ1) is 9.96. The second kappa shape index (κ2) is 6.69. The van der Waals surface area contributed by atoms with Crippen molar-refractivity contribution in [1.82, 2.24) is 0 Å². The van der Waals surface area contributed by atoms with Crippen LogP contribution in [0.25, 0.3) is 0 Å². The van der Waals surface area contributed by atoms with Gasteiger partial charge in [-0.05, 0) is 24.3 Å². The summed E-state index contributed by atoms with van der Waals surface area (Å²) in [5, 5.41) is 0.345. The quantitative estimate of drug-likeness (QED) is 0.800. The van der Waals surface area contributed by atoms with Gasteiger partial charge in [-0.1, -0.05) is 29.8 Å². The summed E-state index contributed by atoms with van der Waals surface area (Å²) in [7, 11) is -3.53. The lowest BCUT2D eigenvalue weighted by Crippen LogP contribution is -2.21. The third-order valence-electron chi connectivity index (χ3n) is 2.62. The summed E-state index contributed by atoms with van der Waals surface area (Å²) in [6, 6.07) is 13.4. The molecule has 0 atom stereocenters. The van der Waals surface area contributed by atoms with Crippen molar-refractivity contribution in [3.8, 4) is 5.75 Å². The van der Waals surface area contributed by atoms with E-state index in [1.54, 1.807) is 48.5 Å². The zero-order valence-electron chi connectivity index (χ0n) is 11.1. The molecule has 3 N–H and O–H groups in total. The van der Waals surface area contributed by atoms with E-state index in [-0.39, 0.29) is 12.4 Å². The minimum absolute atomic E-state index is 0.0171. The maximum absolute atomic E-state index is 11.9. The zero-order valence-corrected chi connectivity index (χ0v) is 12.7. The van der Waals surface area contributed by atoms with Crippen LogP contribution < -0.4 is 15.2 Å². The first-order valence-corrected chi connectivity index (χ1v) is 8.23. The number of benzene rings is 2. The maximum atomic E-state index is 11.9. The number of nitrogens with one attached hydrogen (secondary N) is 1. The minimum Gasteiger partial charge on any atom is -0.492 e. The monoisotopic (exact) mass is 326 g/mol. The molecule has 0 radical (unpaired) electrons. The summed E-state index contributed by atoms with van der Waals surface area (Å²) in [4.78, 5) is 0. The highest BCUT2D eigenvalue weighted by Crippen LogP contribution is 2.21. The van der Waals surface area contributed by atoms with Crippen LogP contribution in [0.1, 0.15) is 0 Å². The molecule has 2 aromatic carbocycles. The highest BCUT2D eigenvalue weighted by Gasteiger charge is 2.12. The number of hydrogen-bond acceptors (Lipinski definition) is 4. The van der Waals surface area contributed by atoms with E-state index in [0.29, 0.717) is 22.1 Å². The molecule has 0 heterocycles. The molecule has 112 valence electrons. The van der Waals surface area contributed by atoms with Crippen molar-refractivity contribution < 1.29 is 13.2 Å². The molecule has 0 fully saturated rings. The number of nitrogen functional groups attached to an aromatic ring is 1. The molecule has 2 rings (SSSR count). The normalized spacial score (nSPS) is 11.1. The van der Waals surface area contributed by atoms with Crippen LogP contribution in [-0.2, 0) is 10.0 Å². The summed E-state index contributed by atoms with van der Waals surface area (Å²) in [6.45, 7) is 0.0171. The fourth-order valence-corrected chi connectivity index (χ4v) is 2.79. The van der Waals surface area contributed by atoms with E-state index in [1.807, 2.05) is 0 Å². The summed E-state index contributed by atoms with van der Waals surface area (Å²) in [6.07, 6.45) is 0. The van der Waals surface area contributed by atoms with Gasteiger partial charge in [0.1, 0.15) is 18.1 Å². The molecular formula is C14H15ClN2O3S. The number of ether oxygens (including phenoxy) is 1. The predicted octanol–water partition coefficient (Wildman–Crippen LogP) is 2.74. The van der Waals surface area contributed by atoms with Gasteiger partial charge < -0.3 is 10.5 Å². The fourth-order valence-electron chi connectivity index (χ4n) is 1.64. The van der Waals surface area contributed by atoms with Gasteiger partial charge in [-0.25, -0.2) is 8.42 Å².